The van der Waals surface area contributed by atoms with Gasteiger partial charge in [0.05, 0.1) is 16.1 Å². The van der Waals surface area contributed by atoms with E-state index in [2.05, 4.69) is 5.32 Å². The van der Waals surface area contributed by atoms with E-state index in [1.54, 1.807) is 13.8 Å². The molecule has 1 amide bonds. The van der Waals surface area contributed by atoms with Crippen LogP contribution in [-0.2, 0) is 9.53 Å². The molecular weight excluding hydrogens is 212 g/mol. The molecule has 5 heteroatoms. The molecule has 0 bridgehead atoms. The molecule has 0 saturated heterocycles. The first-order valence-electron chi connectivity index (χ1n) is 4.79. The van der Waals surface area contributed by atoms with Crippen LogP contribution < -0.4 is 11.1 Å². The molecule has 0 spiro atoms. The Balaban J connectivity index is 4.11. The first-order chi connectivity index (χ1) is 6.54. The fourth-order valence-electron chi connectivity index (χ4n) is 0.728. The van der Waals surface area contributed by atoms with E-state index < -0.39 is 5.54 Å². The van der Waals surface area contributed by atoms with Gasteiger partial charge in [0, 0.05) is 0 Å². The molecule has 4 nitrogen and oxygen atoms in total. The van der Waals surface area contributed by atoms with Gasteiger partial charge in [-0.05, 0) is 34.6 Å². The number of hydrogen-bond acceptors (Lipinski definition) is 3. The Hall–Kier alpha value is -0.680. The fraction of sp³-hybridized carbons (Fsp3) is 0.800. The molecule has 15 heavy (non-hydrogen) atoms. The Bertz CT molecular complexity index is 257. The molecule has 0 aliphatic rings. The number of hydrogen-bond donors (Lipinski definition) is 2. The summed E-state index contributed by atoms with van der Waals surface area (Å²) >= 11 is 4.83. The van der Waals surface area contributed by atoms with Crippen LogP contribution in [0.15, 0.2) is 0 Å². The number of rotatable bonds is 4. The summed E-state index contributed by atoms with van der Waals surface area (Å²) in [7, 11) is 0. The average Bonchev–Trinajstić information content (AvgIpc) is 1.98. The minimum atomic E-state index is -0.673. The maximum atomic E-state index is 11.5. The van der Waals surface area contributed by atoms with Crippen molar-refractivity contribution in [2.45, 2.75) is 45.8 Å². The molecule has 88 valence electrons. The third-order valence-electron chi connectivity index (χ3n) is 1.70. The third-order valence-corrected chi connectivity index (χ3v) is 2.21. The predicted octanol–water partition coefficient (Wildman–Crippen LogP) is 0.982. The van der Waals surface area contributed by atoms with Gasteiger partial charge in [-0.1, -0.05) is 12.2 Å². The quantitative estimate of drug-likeness (QED) is 0.709. The molecule has 0 atom stereocenters. The van der Waals surface area contributed by atoms with Crippen molar-refractivity contribution in [3.8, 4) is 0 Å². The predicted molar refractivity (Wildman–Crippen MR) is 64.7 cm³/mol. The molecular formula is C10H20N2O2S. The third kappa shape index (κ3) is 6.41. The summed E-state index contributed by atoms with van der Waals surface area (Å²) < 4.78 is 5.32. The zero-order valence-corrected chi connectivity index (χ0v) is 10.8. The van der Waals surface area contributed by atoms with Crippen LogP contribution in [0.5, 0.6) is 0 Å². The summed E-state index contributed by atoms with van der Waals surface area (Å²) in [6.07, 6.45) is 0. The van der Waals surface area contributed by atoms with Crippen molar-refractivity contribution in [2.24, 2.45) is 5.73 Å². The van der Waals surface area contributed by atoms with Crippen LogP contribution in [0, 0.1) is 0 Å². The Morgan fingerprint density at radius 2 is 1.80 bits per heavy atom. The normalized spacial score (nSPS) is 12.3. The Morgan fingerprint density at radius 1 is 1.33 bits per heavy atom. The lowest BCUT2D eigenvalue weighted by molar-refractivity contribution is -0.131. The molecule has 0 aromatic carbocycles. The molecule has 0 aromatic heterocycles. The lowest BCUT2D eigenvalue weighted by Crippen LogP contribution is -2.53. The SMILES string of the molecule is CC(C)(C)OCC(=O)NC(C)(C)C(N)=S. The van der Waals surface area contributed by atoms with Crippen molar-refractivity contribution >= 4 is 23.1 Å². The van der Waals surface area contributed by atoms with Crippen molar-refractivity contribution < 1.29 is 9.53 Å². The van der Waals surface area contributed by atoms with Gasteiger partial charge < -0.3 is 15.8 Å². The molecule has 0 rings (SSSR count). The average molecular weight is 232 g/mol. The number of nitrogens with one attached hydrogen (secondary N) is 1. The number of nitrogens with two attached hydrogens (primary N) is 1. The van der Waals surface area contributed by atoms with Crippen LogP contribution in [0.25, 0.3) is 0 Å². The van der Waals surface area contributed by atoms with Gasteiger partial charge in [0.15, 0.2) is 0 Å². The fourth-order valence-corrected chi connectivity index (χ4v) is 0.779. The Morgan fingerprint density at radius 3 is 2.13 bits per heavy atom. The van der Waals surface area contributed by atoms with Crippen molar-refractivity contribution in [2.75, 3.05) is 6.61 Å². The molecule has 3 N–H and O–H groups in total. The van der Waals surface area contributed by atoms with Crippen LogP contribution in [0.3, 0.4) is 0 Å². The summed E-state index contributed by atoms with van der Waals surface area (Å²) in [5, 5.41) is 2.70. The highest BCUT2D eigenvalue weighted by molar-refractivity contribution is 7.80. The van der Waals surface area contributed by atoms with Gasteiger partial charge in [-0.2, -0.15) is 0 Å². The monoisotopic (exact) mass is 232 g/mol. The second-order valence-electron chi connectivity index (χ2n) is 4.94. The largest absolute Gasteiger partial charge is 0.391 e. The Labute approximate surface area is 96.5 Å². The number of carbonyl (C=O) groups excluding carboxylic acids is 1. The minimum Gasteiger partial charge on any atom is -0.391 e. The summed E-state index contributed by atoms with van der Waals surface area (Å²) in [6.45, 7) is 9.18. The minimum absolute atomic E-state index is 0.00947. The summed E-state index contributed by atoms with van der Waals surface area (Å²) in [6, 6.07) is 0. The van der Waals surface area contributed by atoms with Gasteiger partial charge in [-0.3, -0.25) is 4.79 Å². The molecule has 0 heterocycles. The molecule has 0 unspecified atom stereocenters. The first-order valence-corrected chi connectivity index (χ1v) is 5.20. The molecule has 0 aliphatic carbocycles. The standard InChI is InChI=1S/C10H20N2O2S/c1-9(2,3)14-6-7(13)12-10(4,5)8(11)15/h6H2,1-5H3,(H2,11,15)(H,12,13). The first kappa shape index (κ1) is 14.3. The van der Waals surface area contributed by atoms with Crippen LogP contribution in [0.1, 0.15) is 34.6 Å². The second-order valence-corrected chi connectivity index (χ2v) is 5.38. The highest BCUT2D eigenvalue weighted by atomic mass is 32.1. The number of ether oxygens (including phenoxy) is 1. The van der Waals surface area contributed by atoms with Crippen molar-refractivity contribution in [3.05, 3.63) is 0 Å². The highest BCUT2D eigenvalue weighted by Gasteiger charge is 2.24. The number of thiocarbonyl (C=S) groups is 1. The van der Waals surface area contributed by atoms with E-state index in [0.29, 0.717) is 0 Å². The molecule has 0 radical (unpaired) electrons. The zero-order chi connectivity index (χ0) is 12.3. The van der Waals surface area contributed by atoms with Crippen LogP contribution in [0.4, 0.5) is 0 Å². The maximum Gasteiger partial charge on any atom is 0.246 e. The van der Waals surface area contributed by atoms with Crippen LogP contribution in [0.2, 0.25) is 0 Å². The van der Waals surface area contributed by atoms with Crippen LogP contribution >= 0.6 is 12.2 Å². The van der Waals surface area contributed by atoms with E-state index in [4.69, 9.17) is 22.7 Å². The lowest BCUT2D eigenvalue weighted by Gasteiger charge is -2.26. The number of carbonyl (C=O) groups is 1. The molecule has 0 aliphatic heterocycles. The van der Waals surface area contributed by atoms with Gasteiger partial charge in [-0.15, -0.1) is 0 Å². The van der Waals surface area contributed by atoms with Crippen molar-refractivity contribution in [1.29, 1.82) is 0 Å². The van der Waals surface area contributed by atoms with E-state index >= 15 is 0 Å². The summed E-state index contributed by atoms with van der Waals surface area (Å²) in [5.41, 5.74) is 4.47. The summed E-state index contributed by atoms with van der Waals surface area (Å²) in [4.78, 5) is 11.7. The topological polar surface area (TPSA) is 64.3 Å². The van der Waals surface area contributed by atoms with Gasteiger partial charge in [0.25, 0.3) is 0 Å². The van der Waals surface area contributed by atoms with E-state index in [1.165, 1.54) is 0 Å². The molecule has 0 saturated carbocycles. The maximum absolute atomic E-state index is 11.5. The van der Waals surface area contributed by atoms with Crippen molar-refractivity contribution in [3.63, 3.8) is 0 Å². The van der Waals surface area contributed by atoms with E-state index in [0.717, 1.165) is 0 Å². The Kier molecular flexibility index (Phi) is 4.67. The lowest BCUT2D eigenvalue weighted by atomic mass is 10.1. The highest BCUT2D eigenvalue weighted by Crippen LogP contribution is 2.07. The van der Waals surface area contributed by atoms with Gasteiger partial charge in [0.2, 0.25) is 5.91 Å². The van der Waals surface area contributed by atoms with Gasteiger partial charge in [0.1, 0.15) is 6.61 Å². The summed E-state index contributed by atoms with van der Waals surface area (Å²) in [5.74, 6) is -0.220. The second kappa shape index (κ2) is 4.90. The molecule has 0 fully saturated rings. The number of amides is 1. The van der Waals surface area contributed by atoms with Crippen molar-refractivity contribution in [1.82, 2.24) is 5.32 Å². The van der Waals surface area contributed by atoms with Gasteiger partial charge >= 0.3 is 0 Å². The van der Waals surface area contributed by atoms with Crippen LogP contribution in [-0.4, -0.2) is 28.6 Å². The van der Waals surface area contributed by atoms with E-state index in [1.807, 2.05) is 20.8 Å². The van der Waals surface area contributed by atoms with E-state index in [9.17, 15) is 4.79 Å². The molecule has 0 aromatic rings. The van der Waals surface area contributed by atoms with Gasteiger partial charge in [-0.25, -0.2) is 0 Å². The smallest absolute Gasteiger partial charge is 0.246 e. The zero-order valence-electron chi connectivity index (χ0n) is 10.0. The van der Waals surface area contributed by atoms with E-state index in [-0.39, 0.29) is 23.1 Å².